The van der Waals surface area contributed by atoms with Crippen molar-refractivity contribution in [3.63, 3.8) is 0 Å². The third kappa shape index (κ3) is 4.26. The first-order valence-electron chi connectivity index (χ1n) is 6.59. The first-order chi connectivity index (χ1) is 10.0. The Hall–Kier alpha value is -0.950. The van der Waals surface area contributed by atoms with Crippen molar-refractivity contribution in [2.45, 2.75) is 6.54 Å². The highest BCUT2D eigenvalue weighted by Crippen LogP contribution is 2.18. The molecule has 1 aliphatic rings. The summed E-state index contributed by atoms with van der Waals surface area (Å²) in [6.07, 6.45) is 0. The van der Waals surface area contributed by atoms with Gasteiger partial charge in [0.05, 0.1) is 19.8 Å². The van der Waals surface area contributed by atoms with E-state index in [1.165, 1.54) is 19.9 Å². The summed E-state index contributed by atoms with van der Waals surface area (Å²) in [6, 6.07) is 1.90. The standard InChI is InChI=1S/C13H19N3O3S2/c1-15(21(17,18)16-5-7-19-8-6-16)10-13-9-12(11-20-13)3-2-4-14/h9,11H,4-8,10,14H2,1H3. The molecule has 0 aromatic carbocycles. The molecular weight excluding hydrogens is 310 g/mol. The van der Waals surface area contributed by atoms with E-state index >= 15 is 0 Å². The van der Waals surface area contributed by atoms with Crippen molar-refractivity contribution in [2.24, 2.45) is 5.73 Å². The average molecular weight is 329 g/mol. The molecule has 0 amide bonds. The SMILES string of the molecule is CN(Cc1cc(C#CCN)cs1)S(=O)(=O)N1CCOCC1. The molecule has 8 heteroatoms. The molecule has 0 unspecified atom stereocenters. The fourth-order valence-electron chi connectivity index (χ4n) is 1.96. The van der Waals surface area contributed by atoms with Crippen molar-refractivity contribution in [3.8, 4) is 11.8 Å². The molecule has 0 atom stereocenters. The van der Waals surface area contributed by atoms with E-state index in [-0.39, 0.29) is 0 Å². The van der Waals surface area contributed by atoms with Crippen LogP contribution in [0.2, 0.25) is 0 Å². The van der Waals surface area contributed by atoms with Gasteiger partial charge in [-0.15, -0.1) is 11.3 Å². The zero-order valence-electron chi connectivity index (χ0n) is 11.9. The lowest BCUT2D eigenvalue weighted by atomic mass is 10.3. The molecule has 0 spiro atoms. The van der Waals surface area contributed by atoms with Gasteiger partial charge in [0.1, 0.15) is 0 Å². The van der Waals surface area contributed by atoms with Crippen LogP contribution in [0.1, 0.15) is 10.4 Å². The van der Waals surface area contributed by atoms with Gasteiger partial charge in [-0.05, 0) is 6.07 Å². The van der Waals surface area contributed by atoms with Crippen molar-refractivity contribution in [3.05, 3.63) is 21.9 Å². The predicted molar refractivity (Wildman–Crippen MR) is 83.0 cm³/mol. The minimum absolute atomic E-state index is 0.316. The van der Waals surface area contributed by atoms with Crippen molar-refractivity contribution < 1.29 is 13.2 Å². The van der Waals surface area contributed by atoms with E-state index in [1.54, 1.807) is 7.05 Å². The highest BCUT2D eigenvalue weighted by molar-refractivity contribution is 7.86. The van der Waals surface area contributed by atoms with Crippen LogP contribution in [0.5, 0.6) is 0 Å². The summed E-state index contributed by atoms with van der Waals surface area (Å²) in [5.41, 5.74) is 6.20. The van der Waals surface area contributed by atoms with Crippen molar-refractivity contribution in [1.82, 2.24) is 8.61 Å². The summed E-state index contributed by atoms with van der Waals surface area (Å²) in [7, 11) is -1.84. The summed E-state index contributed by atoms with van der Waals surface area (Å²) in [5.74, 6) is 5.72. The molecule has 2 heterocycles. The molecule has 21 heavy (non-hydrogen) atoms. The van der Waals surface area contributed by atoms with Crippen LogP contribution in [0.25, 0.3) is 0 Å². The van der Waals surface area contributed by atoms with Crippen molar-refractivity contribution in [2.75, 3.05) is 39.9 Å². The van der Waals surface area contributed by atoms with E-state index in [2.05, 4.69) is 11.8 Å². The zero-order chi connectivity index (χ0) is 15.3. The van der Waals surface area contributed by atoms with Gasteiger partial charge in [-0.1, -0.05) is 11.8 Å². The highest BCUT2D eigenvalue weighted by atomic mass is 32.2. The number of nitrogens with two attached hydrogens (primary N) is 1. The van der Waals surface area contributed by atoms with Crippen LogP contribution in [-0.2, 0) is 21.5 Å². The fourth-order valence-corrected chi connectivity index (χ4v) is 4.21. The first kappa shape index (κ1) is 16.4. The Kier molecular flexibility index (Phi) is 5.75. The largest absolute Gasteiger partial charge is 0.379 e. The maximum atomic E-state index is 12.4. The number of hydrogen-bond donors (Lipinski definition) is 1. The number of morpholine rings is 1. The van der Waals surface area contributed by atoms with Gasteiger partial charge in [-0.2, -0.15) is 17.0 Å². The van der Waals surface area contributed by atoms with Gasteiger partial charge < -0.3 is 10.5 Å². The monoisotopic (exact) mass is 329 g/mol. The Morgan fingerprint density at radius 2 is 2.19 bits per heavy atom. The zero-order valence-corrected chi connectivity index (χ0v) is 13.5. The summed E-state index contributed by atoms with van der Waals surface area (Å²) < 4.78 is 32.9. The topological polar surface area (TPSA) is 75.9 Å². The minimum Gasteiger partial charge on any atom is -0.379 e. The van der Waals surface area contributed by atoms with E-state index in [0.29, 0.717) is 39.4 Å². The van der Waals surface area contributed by atoms with Gasteiger partial charge >= 0.3 is 0 Å². The fraction of sp³-hybridized carbons (Fsp3) is 0.538. The van der Waals surface area contributed by atoms with Crippen LogP contribution < -0.4 is 5.73 Å². The summed E-state index contributed by atoms with van der Waals surface area (Å²) in [6.45, 7) is 2.37. The minimum atomic E-state index is -3.43. The van der Waals surface area contributed by atoms with Gasteiger partial charge in [-0.3, -0.25) is 0 Å². The molecule has 116 valence electrons. The molecule has 2 rings (SSSR count). The lowest BCUT2D eigenvalue weighted by Crippen LogP contribution is -2.46. The maximum Gasteiger partial charge on any atom is 0.282 e. The summed E-state index contributed by atoms with van der Waals surface area (Å²) in [5, 5.41) is 1.91. The number of hydrogen-bond acceptors (Lipinski definition) is 5. The first-order valence-corrected chi connectivity index (χ1v) is 8.87. The van der Waals surface area contributed by atoms with Crippen LogP contribution >= 0.6 is 11.3 Å². The Balaban J connectivity index is 2.02. The second kappa shape index (κ2) is 7.35. The van der Waals surface area contributed by atoms with Gasteiger partial charge in [0.2, 0.25) is 0 Å². The normalized spacial score (nSPS) is 16.7. The van der Waals surface area contributed by atoms with Gasteiger partial charge in [0, 0.05) is 42.5 Å². The number of rotatable bonds is 4. The Morgan fingerprint density at radius 1 is 1.48 bits per heavy atom. The molecule has 1 fully saturated rings. The molecule has 0 aliphatic carbocycles. The average Bonchev–Trinajstić information content (AvgIpc) is 2.93. The van der Waals surface area contributed by atoms with Gasteiger partial charge in [0.25, 0.3) is 10.2 Å². The van der Waals surface area contributed by atoms with Crippen LogP contribution in [-0.4, -0.2) is 56.9 Å². The smallest absolute Gasteiger partial charge is 0.282 e. The molecule has 6 nitrogen and oxygen atoms in total. The maximum absolute atomic E-state index is 12.4. The predicted octanol–water partition coefficient (Wildman–Crippen LogP) is 0.0671. The third-order valence-electron chi connectivity index (χ3n) is 3.06. The Bertz CT molecular complexity index is 625. The van der Waals surface area contributed by atoms with Gasteiger partial charge in [-0.25, -0.2) is 0 Å². The van der Waals surface area contributed by atoms with Crippen LogP contribution in [0.15, 0.2) is 11.4 Å². The number of nitrogens with zero attached hydrogens (tertiary/aromatic N) is 2. The van der Waals surface area contributed by atoms with E-state index in [4.69, 9.17) is 10.5 Å². The number of ether oxygens (including phenoxy) is 1. The molecule has 0 saturated carbocycles. The van der Waals surface area contributed by atoms with E-state index in [0.717, 1.165) is 10.4 Å². The molecule has 1 aliphatic heterocycles. The van der Waals surface area contributed by atoms with E-state index in [1.807, 2.05) is 11.4 Å². The molecular formula is C13H19N3O3S2. The molecule has 1 aromatic heterocycles. The van der Waals surface area contributed by atoms with Gasteiger partial charge in [0.15, 0.2) is 0 Å². The lowest BCUT2D eigenvalue weighted by molar-refractivity contribution is 0.0705. The lowest BCUT2D eigenvalue weighted by Gasteiger charge is -2.29. The van der Waals surface area contributed by atoms with Crippen LogP contribution in [0, 0.1) is 11.8 Å². The quantitative estimate of drug-likeness (QED) is 0.793. The van der Waals surface area contributed by atoms with E-state index in [9.17, 15) is 8.42 Å². The summed E-state index contributed by atoms with van der Waals surface area (Å²) >= 11 is 1.50. The van der Waals surface area contributed by atoms with Crippen LogP contribution in [0.4, 0.5) is 0 Å². The van der Waals surface area contributed by atoms with Crippen LogP contribution in [0.3, 0.4) is 0 Å². The molecule has 1 saturated heterocycles. The number of thiophene rings is 1. The Labute approximate surface area is 129 Å². The van der Waals surface area contributed by atoms with Crippen molar-refractivity contribution >= 4 is 21.5 Å². The second-order valence-corrected chi connectivity index (χ2v) is 7.61. The second-order valence-electron chi connectivity index (χ2n) is 4.58. The Morgan fingerprint density at radius 3 is 2.86 bits per heavy atom. The van der Waals surface area contributed by atoms with Crippen molar-refractivity contribution in [1.29, 1.82) is 0 Å². The summed E-state index contributed by atoms with van der Waals surface area (Å²) in [4.78, 5) is 0.954. The highest BCUT2D eigenvalue weighted by Gasteiger charge is 2.28. The molecule has 0 radical (unpaired) electrons. The molecule has 0 bridgehead atoms. The van der Waals surface area contributed by atoms with E-state index < -0.39 is 10.2 Å². The third-order valence-corrected chi connectivity index (χ3v) is 5.91. The molecule has 2 N–H and O–H groups in total. The molecule has 1 aromatic rings.